The van der Waals surface area contributed by atoms with Crippen LogP contribution in [0, 0.1) is 0 Å². The zero-order chi connectivity index (χ0) is 14.2. The molecule has 1 saturated heterocycles. The van der Waals surface area contributed by atoms with Crippen LogP contribution in [0.25, 0.3) is 0 Å². The maximum Gasteiger partial charge on any atom is 0.123 e. The summed E-state index contributed by atoms with van der Waals surface area (Å²) in [5.41, 5.74) is 1.23. The summed E-state index contributed by atoms with van der Waals surface area (Å²) < 4.78 is 11.3. The monoisotopic (exact) mass is 278 g/mol. The van der Waals surface area contributed by atoms with E-state index in [1.807, 2.05) is 6.07 Å². The second-order valence-electron chi connectivity index (χ2n) is 5.45. The SMILES string of the molecule is CC(C)NCc1ccccc1OCCN1CCOCC1. The third kappa shape index (κ3) is 5.12. The first-order chi connectivity index (χ1) is 9.75. The lowest BCUT2D eigenvalue weighted by Gasteiger charge is -2.26. The van der Waals surface area contributed by atoms with Gasteiger partial charge in [-0.25, -0.2) is 0 Å². The first kappa shape index (κ1) is 15.3. The van der Waals surface area contributed by atoms with Crippen molar-refractivity contribution < 1.29 is 9.47 Å². The van der Waals surface area contributed by atoms with E-state index in [1.165, 1.54) is 5.56 Å². The third-order valence-corrected chi connectivity index (χ3v) is 3.44. The van der Waals surface area contributed by atoms with Crippen molar-refractivity contribution >= 4 is 0 Å². The Labute approximate surface area is 122 Å². The number of benzene rings is 1. The van der Waals surface area contributed by atoms with Crippen LogP contribution in [-0.2, 0) is 11.3 Å². The van der Waals surface area contributed by atoms with E-state index < -0.39 is 0 Å². The maximum atomic E-state index is 5.95. The van der Waals surface area contributed by atoms with Crippen LogP contribution in [0.4, 0.5) is 0 Å². The number of nitrogens with zero attached hydrogens (tertiary/aromatic N) is 1. The van der Waals surface area contributed by atoms with E-state index in [9.17, 15) is 0 Å². The largest absolute Gasteiger partial charge is 0.492 e. The van der Waals surface area contributed by atoms with Crippen molar-refractivity contribution in [3.05, 3.63) is 29.8 Å². The van der Waals surface area contributed by atoms with Crippen molar-refractivity contribution in [2.45, 2.75) is 26.4 Å². The first-order valence-corrected chi connectivity index (χ1v) is 7.50. The quantitative estimate of drug-likeness (QED) is 0.826. The molecule has 0 atom stereocenters. The molecule has 2 rings (SSSR count). The average Bonchev–Trinajstić information content (AvgIpc) is 2.47. The highest BCUT2D eigenvalue weighted by Gasteiger charge is 2.10. The molecular formula is C16H26N2O2. The molecular weight excluding hydrogens is 252 g/mol. The number of nitrogens with one attached hydrogen (secondary N) is 1. The number of hydrogen-bond acceptors (Lipinski definition) is 4. The molecule has 0 bridgehead atoms. The Morgan fingerprint density at radius 2 is 2.00 bits per heavy atom. The van der Waals surface area contributed by atoms with Crippen molar-refractivity contribution in [1.29, 1.82) is 0 Å². The molecule has 1 aromatic carbocycles. The zero-order valence-corrected chi connectivity index (χ0v) is 12.6. The van der Waals surface area contributed by atoms with E-state index in [0.717, 1.165) is 51.7 Å². The van der Waals surface area contributed by atoms with Crippen molar-refractivity contribution in [2.75, 3.05) is 39.5 Å². The van der Waals surface area contributed by atoms with E-state index in [2.05, 4.69) is 42.3 Å². The molecule has 1 aliphatic heterocycles. The van der Waals surface area contributed by atoms with Crippen molar-refractivity contribution in [3.63, 3.8) is 0 Å². The van der Waals surface area contributed by atoms with E-state index >= 15 is 0 Å². The van der Waals surface area contributed by atoms with Crippen LogP contribution in [0.5, 0.6) is 5.75 Å². The Hall–Kier alpha value is -1.10. The second kappa shape index (κ2) is 8.25. The number of ether oxygens (including phenoxy) is 2. The molecule has 0 aliphatic carbocycles. The molecule has 112 valence electrons. The summed E-state index contributed by atoms with van der Waals surface area (Å²) in [4.78, 5) is 2.39. The Balaban J connectivity index is 1.79. The smallest absolute Gasteiger partial charge is 0.123 e. The van der Waals surface area contributed by atoms with Gasteiger partial charge < -0.3 is 14.8 Å². The van der Waals surface area contributed by atoms with E-state index in [0.29, 0.717) is 6.04 Å². The van der Waals surface area contributed by atoms with Gasteiger partial charge in [0.1, 0.15) is 12.4 Å². The molecule has 1 N–H and O–H groups in total. The topological polar surface area (TPSA) is 33.7 Å². The van der Waals surface area contributed by atoms with Gasteiger partial charge in [-0.15, -0.1) is 0 Å². The van der Waals surface area contributed by atoms with Crippen LogP contribution in [0.2, 0.25) is 0 Å². The minimum atomic E-state index is 0.483. The zero-order valence-electron chi connectivity index (χ0n) is 12.6. The Kier molecular flexibility index (Phi) is 6.30. The molecule has 20 heavy (non-hydrogen) atoms. The summed E-state index contributed by atoms with van der Waals surface area (Å²) in [7, 11) is 0. The van der Waals surface area contributed by atoms with Gasteiger partial charge in [-0.1, -0.05) is 32.0 Å². The van der Waals surface area contributed by atoms with Gasteiger partial charge in [0, 0.05) is 37.8 Å². The second-order valence-corrected chi connectivity index (χ2v) is 5.45. The number of morpholine rings is 1. The van der Waals surface area contributed by atoms with Crippen molar-refractivity contribution in [2.24, 2.45) is 0 Å². The van der Waals surface area contributed by atoms with Crippen molar-refractivity contribution in [3.8, 4) is 5.75 Å². The Bertz CT molecular complexity index is 390. The van der Waals surface area contributed by atoms with Gasteiger partial charge in [0.15, 0.2) is 0 Å². The van der Waals surface area contributed by atoms with E-state index in [-0.39, 0.29) is 0 Å². The fourth-order valence-corrected chi connectivity index (χ4v) is 2.21. The van der Waals surface area contributed by atoms with Crippen LogP contribution in [0.1, 0.15) is 19.4 Å². The molecule has 4 heteroatoms. The predicted molar refractivity (Wildman–Crippen MR) is 81.2 cm³/mol. The highest BCUT2D eigenvalue weighted by Crippen LogP contribution is 2.17. The molecule has 1 aliphatic rings. The minimum Gasteiger partial charge on any atom is -0.492 e. The molecule has 1 fully saturated rings. The molecule has 0 radical (unpaired) electrons. The summed E-state index contributed by atoms with van der Waals surface area (Å²) in [5.74, 6) is 0.994. The maximum absolute atomic E-state index is 5.95. The van der Waals surface area contributed by atoms with Gasteiger partial charge in [0.25, 0.3) is 0 Å². The summed E-state index contributed by atoms with van der Waals surface area (Å²) >= 11 is 0. The summed E-state index contributed by atoms with van der Waals surface area (Å²) in [6.45, 7) is 10.6. The lowest BCUT2D eigenvalue weighted by atomic mass is 10.2. The van der Waals surface area contributed by atoms with E-state index in [4.69, 9.17) is 9.47 Å². The Morgan fingerprint density at radius 3 is 2.75 bits per heavy atom. The molecule has 0 amide bonds. The first-order valence-electron chi connectivity index (χ1n) is 7.50. The molecule has 1 aromatic rings. The molecule has 1 heterocycles. The number of rotatable bonds is 7. The third-order valence-electron chi connectivity index (χ3n) is 3.44. The van der Waals surface area contributed by atoms with Gasteiger partial charge in [-0.2, -0.15) is 0 Å². The van der Waals surface area contributed by atoms with Crippen molar-refractivity contribution in [1.82, 2.24) is 10.2 Å². The van der Waals surface area contributed by atoms with Gasteiger partial charge in [-0.05, 0) is 6.07 Å². The van der Waals surface area contributed by atoms with Gasteiger partial charge in [0.05, 0.1) is 13.2 Å². The van der Waals surface area contributed by atoms with Crippen LogP contribution in [-0.4, -0.2) is 50.4 Å². The lowest BCUT2D eigenvalue weighted by Crippen LogP contribution is -2.38. The average molecular weight is 278 g/mol. The predicted octanol–water partition coefficient (Wildman–Crippen LogP) is 1.90. The molecule has 0 aromatic heterocycles. The molecule has 0 saturated carbocycles. The number of para-hydroxylation sites is 1. The molecule has 4 nitrogen and oxygen atoms in total. The number of hydrogen-bond donors (Lipinski definition) is 1. The van der Waals surface area contributed by atoms with Crippen LogP contribution < -0.4 is 10.1 Å². The van der Waals surface area contributed by atoms with Gasteiger partial charge >= 0.3 is 0 Å². The lowest BCUT2D eigenvalue weighted by molar-refractivity contribution is 0.0322. The van der Waals surface area contributed by atoms with Gasteiger partial charge in [0.2, 0.25) is 0 Å². The van der Waals surface area contributed by atoms with Crippen LogP contribution >= 0.6 is 0 Å². The van der Waals surface area contributed by atoms with Crippen LogP contribution in [0.15, 0.2) is 24.3 Å². The molecule has 0 unspecified atom stereocenters. The normalized spacial score (nSPS) is 16.6. The van der Waals surface area contributed by atoms with Crippen LogP contribution in [0.3, 0.4) is 0 Å². The standard InChI is InChI=1S/C16H26N2O2/c1-14(2)17-13-15-5-3-4-6-16(15)20-12-9-18-7-10-19-11-8-18/h3-6,14,17H,7-13H2,1-2H3. The highest BCUT2D eigenvalue weighted by atomic mass is 16.5. The fraction of sp³-hybridized carbons (Fsp3) is 0.625. The van der Waals surface area contributed by atoms with Gasteiger partial charge in [-0.3, -0.25) is 4.90 Å². The summed E-state index contributed by atoms with van der Waals surface area (Å²) in [5, 5.41) is 3.44. The van der Waals surface area contributed by atoms with E-state index in [1.54, 1.807) is 0 Å². The summed E-state index contributed by atoms with van der Waals surface area (Å²) in [6.07, 6.45) is 0. The fourth-order valence-electron chi connectivity index (χ4n) is 2.21. The minimum absolute atomic E-state index is 0.483. The summed E-state index contributed by atoms with van der Waals surface area (Å²) in [6, 6.07) is 8.75. The highest BCUT2D eigenvalue weighted by molar-refractivity contribution is 5.33. The Morgan fingerprint density at radius 1 is 1.25 bits per heavy atom. The molecule has 0 spiro atoms.